The highest BCUT2D eigenvalue weighted by atomic mass is 16.7. The molecule has 4 nitrogen and oxygen atoms in total. The van der Waals surface area contributed by atoms with E-state index >= 15 is 0 Å². The topological polar surface area (TPSA) is 47.9 Å². The van der Waals surface area contributed by atoms with Crippen molar-refractivity contribution < 1.29 is 14.3 Å². The average Bonchev–Trinajstić information content (AvgIpc) is 2.63. The van der Waals surface area contributed by atoms with Crippen molar-refractivity contribution in [1.29, 1.82) is 0 Å². The van der Waals surface area contributed by atoms with E-state index in [0.29, 0.717) is 16.9 Å². The van der Waals surface area contributed by atoms with E-state index in [1.807, 2.05) is 0 Å². The molecular formula is C9H5NO3. The molecule has 0 N–H and O–H groups in total. The molecule has 3 rings (SSSR count). The maximum absolute atomic E-state index is 10.9. The second-order valence-corrected chi connectivity index (χ2v) is 2.86. The number of nitrogens with zero attached hydrogens (tertiary/aromatic N) is 1. The quantitative estimate of drug-likeness (QED) is 0.526. The van der Waals surface area contributed by atoms with E-state index in [1.165, 1.54) is 6.08 Å². The Balaban J connectivity index is 2.39. The second-order valence-electron chi connectivity index (χ2n) is 2.86. The second kappa shape index (κ2) is 2.10. The van der Waals surface area contributed by atoms with Crippen LogP contribution in [0.25, 0.3) is 6.08 Å². The first kappa shape index (κ1) is 6.65. The molecule has 1 amide bonds. The molecule has 0 aromatic heterocycles. The van der Waals surface area contributed by atoms with Gasteiger partial charge >= 0.3 is 0 Å². The molecule has 13 heavy (non-hydrogen) atoms. The third kappa shape index (κ3) is 0.853. The lowest BCUT2D eigenvalue weighted by atomic mass is 10.2. The monoisotopic (exact) mass is 175 g/mol. The predicted octanol–water partition coefficient (Wildman–Crippen LogP) is -0.644. The molecule has 0 saturated carbocycles. The maximum Gasteiger partial charge on any atom is 0.270 e. The summed E-state index contributed by atoms with van der Waals surface area (Å²) in [6.45, 7) is 0.242. The van der Waals surface area contributed by atoms with Gasteiger partial charge in [-0.15, -0.1) is 0 Å². The van der Waals surface area contributed by atoms with Gasteiger partial charge in [0.2, 0.25) is 6.79 Å². The average molecular weight is 175 g/mol. The number of benzene rings is 1. The lowest BCUT2D eigenvalue weighted by Gasteiger charge is -1.91. The van der Waals surface area contributed by atoms with Gasteiger partial charge in [-0.25, -0.2) is 4.99 Å². The number of amides is 1. The molecule has 0 bridgehead atoms. The maximum atomic E-state index is 10.9. The van der Waals surface area contributed by atoms with Gasteiger partial charge in [0.15, 0.2) is 11.5 Å². The van der Waals surface area contributed by atoms with Crippen LogP contribution in [0, 0.1) is 0 Å². The van der Waals surface area contributed by atoms with Gasteiger partial charge in [-0.1, -0.05) is 0 Å². The van der Waals surface area contributed by atoms with Crippen molar-refractivity contribution in [2.45, 2.75) is 0 Å². The fourth-order valence-corrected chi connectivity index (χ4v) is 1.44. The summed E-state index contributed by atoms with van der Waals surface area (Å²) in [7, 11) is 0. The van der Waals surface area contributed by atoms with Crippen LogP contribution in [0.4, 0.5) is 0 Å². The highest BCUT2D eigenvalue weighted by Crippen LogP contribution is 2.28. The van der Waals surface area contributed by atoms with Crippen LogP contribution in [0.3, 0.4) is 0 Å². The highest BCUT2D eigenvalue weighted by Gasteiger charge is 2.15. The number of hydrogen-bond donors (Lipinski definition) is 0. The number of rotatable bonds is 0. The van der Waals surface area contributed by atoms with Crippen LogP contribution in [0.15, 0.2) is 17.1 Å². The first-order chi connectivity index (χ1) is 6.33. The summed E-state index contributed by atoms with van der Waals surface area (Å²) in [6.07, 6.45) is 1.48. The summed E-state index contributed by atoms with van der Waals surface area (Å²) in [4.78, 5) is 14.7. The van der Waals surface area contributed by atoms with Crippen LogP contribution >= 0.6 is 0 Å². The molecule has 2 heterocycles. The molecule has 0 saturated heterocycles. The van der Waals surface area contributed by atoms with Gasteiger partial charge in [0.1, 0.15) is 0 Å². The van der Waals surface area contributed by atoms with Crippen LogP contribution in [-0.4, -0.2) is 12.7 Å². The first-order valence-electron chi connectivity index (χ1n) is 3.87. The fraction of sp³-hybridized carbons (Fsp3) is 0.111. The third-order valence-electron chi connectivity index (χ3n) is 2.03. The minimum absolute atomic E-state index is 0.223. The van der Waals surface area contributed by atoms with Crippen LogP contribution in [0.5, 0.6) is 11.5 Å². The van der Waals surface area contributed by atoms with Crippen molar-refractivity contribution in [3.63, 3.8) is 0 Å². The molecule has 1 aromatic rings. The lowest BCUT2D eigenvalue weighted by Crippen LogP contribution is -2.20. The molecule has 4 heteroatoms. The highest BCUT2D eigenvalue weighted by molar-refractivity contribution is 6.06. The molecule has 0 radical (unpaired) electrons. The molecule has 0 atom stereocenters. The van der Waals surface area contributed by atoms with E-state index in [2.05, 4.69) is 4.99 Å². The molecule has 0 unspecified atom stereocenters. The largest absolute Gasteiger partial charge is 0.454 e. The minimum Gasteiger partial charge on any atom is -0.454 e. The third-order valence-corrected chi connectivity index (χ3v) is 2.03. The number of ether oxygens (including phenoxy) is 2. The Morgan fingerprint density at radius 2 is 2.00 bits per heavy atom. The normalized spacial score (nSPS) is 16.5. The Morgan fingerprint density at radius 1 is 1.23 bits per heavy atom. The summed E-state index contributed by atoms with van der Waals surface area (Å²) < 4.78 is 10.3. The molecule has 2 aliphatic heterocycles. The van der Waals surface area contributed by atoms with Gasteiger partial charge in [-0.05, 0) is 6.07 Å². The smallest absolute Gasteiger partial charge is 0.270 e. The van der Waals surface area contributed by atoms with Crippen molar-refractivity contribution in [1.82, 2.24) is 0 Å². The van der Waals surface area contributed by atoms with Gasteiger partial charge in [-0.2, -0.15) is 0 Å². The summed E-state index contributed by atoms with van der Waals surface area (Å²) >= 11 is 0. The van der Waals surface area contributed by atoms with Gasteiger partial charge in [0.05, 0.1) is 5.36 Å². The SMILES string of the molecule is O=C1C=c2cc3c(cc2=N1)OCO3. The van der Waals surface area contributed by atoms with E-state index in [-0.39, 0.29) is 12.7 Å². The number of carbonyl (C=O) groups is 1. The van der Waals surface area contributed by atoms with E-state index < -0.39 is 0 Å². The Kier molecular flexibility index (Phi) is 1.07. The zero-order valence-corrected chi connectivity index (χ0v) is 6.61. The summed E-state index contributed by atoms with van der Waals surface area (Å²) in [6, 6.07) is 3.49. The van der Waals surface area contributed by atoms with Crippen molar-refractivity contribution in [3.8, 4) is 11.5 Å². The minimum atomic E-state index is -0.223. The van der Waals surface area contributed by atoms with Crippen molar-refractivity contribution in [3.05, 3.63) is 22.7 Å². The van der Waals surface area contributed by atoms with E-state index in [0.717, 1.165) is 5.22 Å². The Hall–Kier alpha value is -1.84. The molecule has 1 aromatic carbocycles. The predicted molar refractivity (Wildman–Crippen MR) is 42.8 cm³/mol. The van der Waals surface area contributed by atoms with Crippen molar-refractivity contribution in [2.75, 3.05) is 6.79 Å². The molecule has 0 aliphatic carbocycles. The summed E-state index contributed by atoms with van der Waals surface area (Å²) in [5.74, 6) is 1.11. The van der Waals surface area contributed by atoms with Crippen LogP contribution < -0.4 is 20.0 Å². The fourth-order valence-electron chi connectivity index (χ4n) is 1.44. The molecule has 2 aliphatic rings. The molecular weight excluding hydrogens is 170 g/mol. The number of fused-ring (bicyclic) bond motifs is 2. The Bertz CT molecular complexity index is 473. The van der Waals surface area contributed by atoms with Crippen molar-refractivity contribution in [2.24, 2.45) is 4.99 Å². The van der Waals surface area contributed by atoms with Gasteiger partial charge < -0.3 is 9.47 Å². The molecule has 64 valence electrons. The van der Waals surface area contributed by atoms with Gasteiger partial charge in [0.25, 0.3) is 5.91 Å². The Labute approximate surface area is 73.1 Å². The van der Waals surface area contributed by atoms with Crippen molar-refractivity contribution >= 4 is 12.0 Å². The lowest BCUT2D eigenvalue weighted by molar-refractivity contribution is -0.112. The Morgan fingerprint density at radius 3 is 2.85 bits per heavy atom. The zero-order valence-electron chi connectivity index (χ0n) is 6.61. The molecule has 0 fully saturated rings. The zero-order chi connectivity index (χ0) is 8.84. The van der Waals surface area contributed by atoms with E-state index in [4.69, 9.17) is 9.47 Å². The van der Waals surface area contributed by atoms with Crippen LogP contribution in [-0.2, 0) is 4.79 Å². The van der Waals surface area contributed by atoms with Crippen LogP contribution in [0.1, 0.15) is 0 Å². The van der Waals surface area contributed by atoms with Gasteiger partial charge in [-0.3, -0.25) is 4.79 Å². The summed E-state index contributed by atoms with van der Waals surface area (Å²) in [5, 5.41) is 1.46. The first-order valence-corrected chi connectivity index (χ1v) is 3.87. The number of hydrogen-bond acceptors (Lipinski definition) is 3. The van der Waals surface area contributed by atoms with E-state index in [1.54, 1.807) is 12.1 Å². The summed E-state index contributed by atoms with van der Waals surface area (Å²) in [5.41, 5.74) is 0. The number of carbonyl (C=O) groups excluding carboxylic acids is 1. The molecule has 0 spiro atoms. The van der Waals surface area contributed by atoms with E-state index in [9.17, 15) is 4.79 Å². The van der Waals surface area contributed by atoms with Crippen LogP contribution in [0.2, 0.25) is 0 Å². The standard InChI is InChI=1S/C9H5NO3/c11-9-2-5-1-7-8(13-4-12-7)3-6(5)10-9/h1-3H,4H2. The van der Waals surface area contributed by atoms with Gasteiger partial charge in [0, 0.05) is 17.4 Å².